The Labute approximate surface area is 129 Å². The lowest BCUT2D eigenvalue weighted by Crippen LogP contribution is -2.23. The van der Waals surface area contributed by atoms with E-state index in [1.54, 1.807) is 0 Å². The van der Waals surface area contributed by atoms with Crippen molar-refractivity contribution in [2.45, 2.75) is 39.8 Å². The minimum Gasteiger partial charge on any atom is -0.304 e. The molecule has 4 heteroatoms. The number of rotatable bonds is 4. The molecule has 0 aliphatic carbocycles. The molecule has 20 heavy (non-hydrogen) atoms. The lowest BCUT2D eigenvalue weighted by atomic mass is 10.0. The fourth-order valence-electron chi connectivity index (χ4n) is 2.75. The lowest BCUT2D eigenvalue weighted by Gasteiger charge is -2.21. The average Bonchev–Trinajstić information content (AvgIpc) is 2.63. The van der Waals surface area contributed by atoms with Gasteiger partial charge in [-0.15, -0.1) is 0 Å². The fraction of sp³-hybridized carbons (Fsp3) is 0.438. The molecular weight excluding hydrogens is 314 g/mol. The molecule has 0 fully saturated rings. The number of nitrogens with zero attached hydrogens (tertiary/aromatic N) is 2. The van der Waals surface area contributed by atoms with Gasteiger partial charge in [-0.1, -0.05) is 28.1 Å². The predicted molar refractivity (Wildman–Crippen MR) is 86.8 cm³/mol. The van der Waals surface area contributed by atoms with E-state index in [1.165, 1.54) is 16.8 Å². The van der Waals surface area contributed by atoms with E-state index in [-0.39, 0.29) is 6.04 Å². The summed E-state index contributed by atoms with van der Waals surface area (Å²) in [4.78, 5) is 0. The number of hydrogen-bond donors (Lipinski definition) is 1. The Morgan fingerprint density at radius 1 is 1.20 bits per heavy atom. The quantitative estimate of drug-likeness (QED) is 0.906. The van der Waals surface area contributed by atoms with E-state index in [0.717, 1.165) is 10.2 Å². The molecule has 0 amide bonds. The maximum Gasteiger partial charge on any atom is 0.0644 e. The van der Waals surface area contributed by atoms with E-state index in [2.05, 4.69) is 78.3 Å². The monoisotopic (exact) mass is 335 g/mol. The average molecular weight is 336 g/mol. The molecule has 0 spiro atoms. The Kier molecular flexibility index (Phi) is 4.66. The van der Waals surface area contributed by atoms with Gasteiger partial charge in [-0.3, -0.25) is 4.68 Å². The molecule has 0 aliphatic heterocycles. The summed E-state index contributed by atoms with van der Waals surface area (Å²) >= 11 is 3.53. The summed E-state index contributed by atoms with van der Waals surface area (Å²) in [5, 5.41) is 8.16. The van der Waals surface area contributed by atoms with Crippen LogP contribution >= 0.6 is 15.9 Å². The third kappa shape index (κ3) is 3.13. The minimum atomic E-state index is 0.276. The number of aromatic nitrogens is 2. The molecule has 0 saturated heterocycles. The molecule has 3 nitrogen and oxygen atoms in total. The highest BCUT2D eigenvalue weighted by molar-refractivity contribution is 9.10. The number of halogens is 1. The summed E-state index contributed by atoms with van der Waals surface area (Å²) in [6.45, 7) is 8.59. The SMILES string of the molecule is Cc1nn(C)c(C)c1C(C)NC(C)c1cccc(Br)c1. The Hall–Kier alpha value is -1.13. The molecular formula is C16H22BrN3. The van der Waals surface area contributed by atoms with Gasteiger partial charge in [0.2, 0.25) is 0 Å². The van der Waals surface area contributed by atoms with Crippen LogP contribution in [-0.4, -0.2) is 9.78 Å². The van der Waals surface area contributed by atoms with Gasteiger partial charge in [0.15, 0.2) is 0 Å². The highest BCUT2D eigenvalue weighted by atomic mass is 79.9. The summed E-state index contributed by atoms with van der Waals surface area (Å²) in [6.07, 6.45) is 0. The van der Waals surface area contributed by atoms with Gasteiger partial charge in [0.1, 0.15) is 0 Å². The second-order valence-electron chi connectivity index (χ2n) is 5.37. The molecule has 0 saturated carbocycles. The standard InChI is InChI=1S/C16H22BrN3/c1-10(14-7-6-8-15(17)9-14)18-11(2)16-12(3)19-20(5)13(16)4/h6-11,18H,1-5H3. The van der Waals surface area contributed by atoms with Gasteiger partial charge in [0, 0.05) is 34.9 Å². The molecule has 0 bridgehead atoms. The van der Waals surface area contributed by atoms with Gasteiger partial charge in [0.25, 0.3) is 0 Å². The molecule has 1 aromatic carbocycles. The second-order valence-corrected chi connectivity index (χ2v) is 6.29. The van der Waals surface area contributed by atoms with Crippen molar-refractivity contribution >= 4 is 15.9 Å². The molecule has 108 valence electrons. The van der Waals surface area contributed by atoms with E-state index >= 15 is 0 Å². The van der Waals surface area contributed by atoms with E-state index in [9.17, 15) is 0 Å². The maximum atomic E-state index is 4.49. The maximum absolute atomic E-state index is 4.49. The molecule has 2 aromatic rings. The molecule has 1 N–H and O–H groups in total. The van der Waals surface area contributed by atoms with Crippen LogP contribution in [0.15, 0.2) is 28.7 Å². The van der Waals surface area contributed by atoms with Gasteiger partial charge in [-0.2, -0.15) is 5.10 Å². The van der Waals surface area contributed by atoms with Gasteiger partial charge in [-0.25, -0.2) is 0 Å². The molecule has 1 aromatic heterocycles. The van der Waals surface area contributed by atoms with Gasteiger partial charge >= 0.3 is 0 Å². The van der Waals surface area contributed by atoms with Crippen LogP contribution in [0.3, 0.4) is 0 Å². The highest BCUT2D eigenvalue weighted by Gasteiger charge is 2.18. The van der Waals surface area contributed by atoms with Crippen LogP contribution < -0.4 is 5.32 Å². The van der Waals surface area contributed by atoms with Crippen LogP contribution in [0, 0.1) is 13.8 Å². The Morgan fingerprint density at radius 3 is 2.45 bits per heavy atom. The first kappa shape index (κ1) is 15.3. The Balaban J connectivity index is 2.17. The van der Waals surface area contributed by atoms with Crippen LogP contribution in [0.1, 0.15) is 48.4 Å². The zero-order valence-corrected chi connectivity index (χ0v) is 14.3. The largest absolute Gasteiger partial charge is 0.304 e. The topological polar surface area (TPSA) is 29.9 Å². The fourth-order valence-corrected chi connectivity index (χ4v) is 3.16. The molecule has 0 aliphatic rings. The predicted octanol–water partition coefficient (Wildman–Crippen LogP) is 4.21. The molecule has 2 unspecified atom stereocenters. The van der Waals surface area contributed by atoms with Crippen molar-refractivity contribution in [3.8, 4) is 0 Å². The highest BCUT2D eigenvalue weighted by Crippen LogP contribution is 2.25. The summed E-state index contributed by atoms with van der Waals surface area (Å²) < 4.78 is 3.07. The summed E-state index contributed by atoms with van der Waals surface area (Å²) in [6, 6.07) is 9.00. The van der Waals surface area contributed by atoms with E-state index in [0.29, 0.717) is 6.04 Å². The van der Waals surface area contributed by atoms with Crippen LogP contribution in [0.5, 0.6) is 0 Å². The second kappa shape index (κ2) is 6.10. The van der Waals surface area contributed by atoms with Crippen molar-refractivity contribution in [3.63, 3.8) is 0 Å². The van der Waals surface area contributed by atoms with Crippen LogP contribution in [0.2, 0.25) is 0 Å². The van der Waals surface area contributed by atoms with Gasteiger partial charge in [0.05, 0.1) is 5.69 Å². The third-order valence-corrected chi connectivity index (χ3v) is 4.34. The molecule has 2 atom stereocenters. The number of nitrogens with one attached hydrogen (secondary N) is 1. The Morgan fingerprint density at radius 2 is 1.90 bits per heavy atom. The molecule has 0 radical (unpaired) electrons. The zero-order chi connectivity index (χ0) is 14.9. The normalized spacial score (nSPS) is 14.3. The van der Waals surface area contributed by atoms with E-state index < -0.39 is 0 Å². The van der Waals surface area contributed by atoms with Crippen molar-refractivity contribution in [2.24, 2.45) is 7.05 Å². The summed E-state index contributed by atoms with van der Waals surface area (Å²) in [5.74, 6) is 0. The zero-order valence-electron chi connectivity index (χ0n) is 12.7. The van der Waals surface area contributed by atoms with Gasteiger partial charge < -0.3 is 5.32 Å². The van der Waals surface area contributed by atoms with Crippen LogP contribution in [0.25, 0.3) is 0 Å². The van der Waals surface area contributed by atoms with E-state index in [1.807, 2.05) is 11.7 Å². The number of benzene rings is 1. The Bertz CT molecular complexity index is 604. The lowest BCUT2D eigenvalue weighted by molar-refractivity contribution is 0.491. The third-order valence-electron chi connectivity index (χ3n) is 3.85. The summed E-state index contributed by atoms with van der Waals surface area (Å²) in [7, 11) is 2.00. The van der Waals surface area contributed by atoms with Crippen molar-refractivity contribution in [2.75, 3.05) is 0 Å². The molecule has 2 rings (SSSR count). The van der Waals surface area contributed by atoms with Gasteiger partial charge in [-0.05, 0) is 45.4 Å². The van der Waals surface area contributed by atoms with Crippen LogP contribution in [-0.2, 0) is 7.05 Å². The summed E-state index contributed by atoms with van der Waals surface area (Å²) in [5.41, 5.74) is 4.91. The van der Waals surface area contributed by atoms with E-state index in [4.69, 9.17) is 0 Å². The smallest absolute Gasteiger partial charge is 0.0644 e. The first-order chi connectivity index (χ1) is 9.40. The van der Waals surface area contributed by atoms with Crippen molar-refractivity contribution in [1.29, 1.82) is 0 Å². The number of hydrogen-bond acceptors (Lipinski definition) is 2. The molecule has 1 heterocycles. The van der Waals surface area contributed by atoms with Crippen LogP contribution in [0.4, 0.5) is 0 Å². The first-order valence-corrected chi connectivity index (χ1v) is 7.71. The first-order valence-electron chi connectivity index (χ1n) is 6.91. The van der Waals surface area contributed by atoms with Crippen molar-refractivity contribution in [3.05, 3.63) is 51.3 Å². The van der Waals surface area contributed by atoms with Crippen molar-refractivity contribution < 1.29 is 0 Å². The minimum absolute atomic E-state index is 0.276. The number of aryl methyl sites for hydroxylation is 2. The van der Waals surface area contributed by atoms with Crippen molar-refractivity contribution in [1.82, 2.24) is 15.1 Å².